The first-order valence-electron chi connectivity index (χ1n) is 8.53. The van der Waals surface area contributed by atoms with Crippen molar-refractivity contribution in [1.29, 1.82) is 0 Å². The molecule has 0 unspecified atom stereocenters. The summed E-state index contributed by atoms with van der Waals surface area (Å²) in [6.45, 7) is 5.89. The summed E-state index contributed by atoms with van der Waals surface area (Å²) in [6.07, 6.45) is 2.07. The zero-order chi connectivity index (χ0) is 16.9. The second-order valence-electron chi connectivity index (χ2n) is 6.19. The molecule has 0 fully saturated rings. The monoisotopic (exact) mass is 342 g/mol. The fraction of sp³-hybridized carbons (Fsp3) is 0.350. The molecule has 0 saturated carbocycles. The number of likely N-dealkylation sites (N-methyl/N-ethyl adjacent to an activating group) is 1. The number of rotatable bonds is 4. The number of carbonyl (C=O) groups excluding carboxylic acids is 1. The Kier molecular flexibility index (Phi) is 5.54. The van der Waals surface area contributed by atoms with Crippen LogP contribution in [0.3, 0.4) is 0 Å². The largest absolute Gasteiger partial charge is 0.348 e. The average Bonchev–Trinajstić information content (AvgIpc) is 2.82. The number of carbonyl (C=O) groups is 1. The molecule has 3 rings (SSSR count). The molecule has 2 aromatic rings. The van der Waals surface area contributed by atoms with Crippen LogP contribution in [0, 0.1) is 0 Å². The van der Waals surface area contributed by atoms with Crippen molar-refractivity contribution in [2.45, 2.75) is 26.3 Å². The van der Waals surface area contributed by atoms with Crippen LogP contribution in [-0.2, 0) is 19.4 Å². The van der Waals surface area contributed by atoms with Gasteiger partial charge in [0, 0.05) is 30.2 Å². The number of amides is 1. The standard InChI is InChI=1S/C20H23ClN2O/c1-2-23-11-9-15-7-8-17(13-16(15)10-12-23)20(24)22-14-18-5-3-4-6-19(18)21/h3-8,13H,2,9-12,14H2,1H3,(H,22,24). The van der Waals surface area contributed by atoms with Gasteiger partial charge in [-0.05, 0) is 54.3 Å². The van der Waals surface area contributed by atoms with Gasteiger partial charge >= 0.3 is 0 Å². The number of halogens is 1. The number of hydrogen-bond donors (Lipinski definition) is 1. The van der Waals surface area contributed by atoms with E-state index < -0.39 is 0 Å². The van der Waals surface area contributed by atoms with Gasteiger partial charge in [-0.3, -0.25) is 4.79 Å². The molecule has 1 amide bonds. The van der Waals surface area contributed by atoms with E-state index >= 15 is 0 Å². The summed E-state index contributed by atoms with van der Waals surface area (Å²) in [5.41, 5.74) is 4.33. The smallest absolute Gasteiger partial charge is 0.251 e. The fourth-order valence-electron chi connectivity index (χ4n) is 3.15. The van der Waals surface area contributed by atoms with E-state index in [2.05, 4.69) is 29.3 Å². The maximum atomic E-state index is 12.5. The molecule has 0 aliphatic carbocycles. The van der Waals surface area contributed by atoms with E-state index in [1.54, 1.807) is 0 Å². The van der Waals surface area contributed by atoms with Gasteiger partial charge in [0.2, 0.25) is 0 Å². The summed E-state index contributed by atoms with van der Waals surface area (Å²) < 4.78 is 0. The van der Waals surface area contributed by atoms with Crippen molar-refractivity contribution < 1.29 is 4.79 Å². The van der Waals surface area contributed by atoms with E-state index in [0.717, 1.165) is 43.6 Å². The Labute approximate surface area is 148 Å². The third-order valence-electron chi connectivity index (χ3n) is 4.71. The van der Waals surface area contributed by atoms with Gasteiger partial charge in [0.15, 0.2) is 0 Å². The van der Waals surface area contributed by atoms with Crippen LogP contribution < -0.4 is 5.32 Å². The fourth-order valence-corrected chi connectivity index (χ4v) is 3.35. The van der Waals surface area contributed by atoms with Crippen molar-refractivity contribution in [2.75, 3.05) is 19.6 Å². The lowest BCUT2D eigenvalue weighted by Gasteiger charge is -2.16. The van der Waals surface area contributed by atoms with Gasteiger partial charge in [0.25, 0.3) is 5.91 Å². The van der Waals surface area contributed by atoms with Gasteiger partial charge < -0.3 is 10.2 Å². The molecule has 0 saturated heterocycles. The van der Waals surface area contributed by atoms with E-state index in [0.29, 0.717) is 11.6 Å². The molecule has 0 spiro atoms. The topological polar surface area (TPSA) is 32.3 Å². The molecule has 24 heavy (non-hydrogen) atoms. The molecule has 4 heteroatoms. The molecule has 0 atom stereocenters. The Hall–Kier alpha value is -1.84. The Balaban J connectivity index is 1.68. The van der Waals surface area contributed by atoms with Crippen molar-refractivity contribution in [3.8, 4) is 0 Å². The maximum Gasteiger partial charge on any atom is 0.251 e. The summed E-state index contributed by atoms with van der Waals surface area (Å²) in [5, 5.41) is 3.64. The third-order valence-corrected chi connectivity index (χ3v) is 5.08. The van der Waals surface area contributed by atoms with Crippen LogP contribution in [0.1, 0.15) is 34.0 Å². The highest BCUT2D eigenvalue weighted by Crippen LogP contribution is 2.19. The van der Waals surface area contributed by atoms with Crippen molar-refractivity contribution in [3.63, 3.8) is 0 Å². The highest BCUT2D eigenvalue weighted by atomic mass is 35.5. The number of benzene rings is 2. The van der Waals surface area contributed by atoms with Crippen LogP contribution in [0.2, 0.25) is 5.02 Å². The number of nitrogens with one attached hydrogen (secondary N) is 1. The Morgan fingerprint density at radius 3 is 2.62 bits per heavy atom. The molecule has 1 aliphatic rings. The van der Waals surface area contributed by atoms with Gasteiger partial charge in [-0.15, -0.1) is 0 Å². The lowest BCUT2D eigenvalue weighted by atomic mass is 10.00. The van der Waals surface area contributed by atoms with Gasteiger partial charge in [-0.25, -0.2) is 0 Å². The van der Waals surface area contributed by atoms with Crippen molar-refractivity contribution in [1.82, 2.24) is 10.2 Å². The minimum atomic E-state index is -0.0469. The molecule has 1 N–H and O–H groups in total. The first kappa shape index (κ1) is 17.0. The predicted octanol–water partition coefficient (Wildman–Crippen LogP) is 3.69. The van der Waals surface area contributed by atoms with Crippen LogP contribution >= 0.6 is 11.6 Å². The molecule has 3 nitrogen and oxygen atoms in total. The second kappa shape index (κ2) is 7.82. The average molecular weight is 343 g/mol. The van der Waals surface area contributed by atoms with E-state index in [-0.39, 0.29) is 5.91 Å². The van der Waals surface area contributed by atoms with Crippen molar-refractivity contribution in [3.05, 3.63) is 69.7 Å². The third kappa shape index (κ3) is 3.97. The van der Waals surface area contributed by atoms with Crippen LogP contribution in [0.15, 0.2) is 42.5 Å². The zero-order valence-electron chi connectivity index (χ0n) is 14.0. The lowest BCUT2D eigenvalue weighted by Crippen LogP contribution is -2.25. The summed E-state index contributed by atoms with van der Waals surface area (Å²) >= 11 is 6.14. The SMILES string of the molecule is CCN1CCc2ccc(C(=O)NCc3ccccc3Cl)cc2CC1. The van der Waals surface area contributed by atoms with Crippen LogP contribution in [0.5, 0.6) is 0 Å². The minimum absolute atomic E-state index is 0.0469. The molecule has 0 bridgehead atoms. The molecular weight excluding hydrogens is 320 g/mol. The predicted molar refractivity (Wildman–Crippen MR) is 98.6 cm³/mol. The number of nitrogens with zero attached hydrogens (tertiary/aromatic N) is 1. The van der Waals surface area contributed by atoms with Gasteiger partial charge in [-0.2, -0.15) is 0 Å². The Morgan fingerprint density at radius 1 is 1.12 bits per heavy atom. The summed E-state index contributed by atoms with van der Waals surface area (Å²) in [5.74, 6) is -0.0469. The van der Waals surface area contributed by atoms with Crippen molar-refractivity contribution in [2.24, 2.45) is 0 Å². The quantitative estimate of drug-likeness (QED) is 0.919. The summed E-state index contributed by atoms with van der Waals surface area (Å²) in [7, 11) is 0. The van der Waals surface area contributed by atoms with E-state index in [1.807, 2.05) is 30.3 Å². The van der Waals surface area contributed by atoms with E-state index in [9.17, 15) is 4.79 Å². The van der Waals surface area contributed by atoms with Crippen molar-refractivity contribution >= 4 is 17.5 Å². The molecule has 2 aromatic carbocycles. The zero-order valence-corrected chi connectivity index (χ0v) is 14.8. The Bertz CT molecular complexity index is 729. The van der Waals surface area contributed by atoms with Crippen LogP contribution in [0.25, 0.3) is 0 Å². The van der Waals surface area contributed by atoms with E-state index in [1.165, 1.54) is 11.1 Å². The molecule has 126 valence electrons. The van der Waals surface area contributed by atoms with Gasteiger partial charge in [0.1, 0.15) is 0 Å². The minimum Gasteiger partial charge on any atom is -0.348 e. The van der Waals surface area contributed by atoms with Gasteiger partial charge in [-0.1, -0.05) is 42.8 Å². The maximum absolute atomic E-state index is 12.5. The first-order chi connectivity index (χ1) is 11.7. The summed E-state index contributed by atoms with van der Waals surface area (Å²) in [6, 6.07) is 13.7. The molecule has 1 aliphatic heterocycles. The summed E-state index contributed by atoms with van der Waals surface area (Å²) in [4.78, 5) is 14.9. The second-order valence-corrected chi connectivity index (χ2v) is 6.60. The highest BCUT2D eigenvalue weighted by molar-refractivity contribution is 6.31. The molecule has 0 radical (unpaired) electrons. The molecular formula is C20H23ClN2O. The normalized spacial score (nSPS) is 14.8. The number of fused-ring (bicyclic) bond motifs is 1. The molecule has 0 aromatic heterocycles. The number of hydrogen-bond acceptors (Lipinski definition) is 2. The van der Waals surface area contributed by atoms with Gasteiger partial charge in [0.05, 0.1) is 0 Å². The van der Waals surface area contributed by atoms with Crippen LogP contribution in [0.4, 0.5) is 0 Å². The van der Waals surface area contributed by atoms with Crippen LogP contribution in [-0.4, -0.2) is 30.4 Å². The van der Waals surface area contributed by atoms with E-state index in [4.69, 9.17) is 11.6 Å². The highest BCUT2D eigenvalue weighted by Gasteiger charge is 2.15. The lowest BCUT2D eigenvalue weighted by molar-refractivity contribution is 0.0951. The Morgan fingerprint density at radius 2 is 1.88 bits per heavy atom. The molecule has 1 heterocycles. The first-order valence-corrected chi connectivity index (χ1v) is 8.91.